The van der Waals surface area contributed by atoms with Crippen molar-refractivity contribution in [2.45, 2.75) is 18.9 Å². The van der Waals surface area contributed by atoms with E-state index in [1.54, 1.807) is 31.6 Å². The molecule has 3 aromatic heterocycles. The van der Waals surface area contributed by atoms with Gasteiger partial charge >= 0.3 is 0 Å². The van der Waals surface area contributed by atoms with Gasteiger partial charge in [0.1, 0.15) is 12.3 Å². The molecule has 0 aliphatic carbocycles. The van der Waals surface area contributed by atoms with E-state index in [0.29, 0.717) is 30.2 Å². The lowest BCUT2D eigenvalue weighted by Crippen LogP contribution is -2.43. The maximum absolute atomic E-state index is 13.2. The van der Waals surface area contributed by atoms with Crippen molar-refractivity contribution in [1.29, 1.82) is 0 Å². The highest BCUT2D eigenvalue weighted by Crippen LogP contribution is 2.29. The van der Waals surface area contributed by atoms with Gasteiger partial charge < -0.3 is 36.9 Å². The van der Waals surface area contributed by atoms with Gasteiger partial charge in [0, 0.05) is 32.4 Å². The van der Waals surface area contributed by atoms with Crippen molar-refractivity contribution in [2.75, 3.05) is 55.1 Å². The van der Waals surface area contributed by atoms with E-state index in [1.165, 1.54) is 6.20 Å². The number of nitrogens with two attached hydrogens (primary N) is 3. The van der Waals surface area contributed by atoms with E-state index in [-0.39, 0.29) is 35.7 Å². The number of ether oxygens (including phenoxy) is 2. The average Bonchev–Trinajstić information content (AvgIpc) is 2.86. The molecule has 3 aromatic rings. The second kappa shape index (κ2) is 10.9. The first kappa shape index (κ1) is 24.1. The van der Waals surface area contributed by atoms with Gasteiger partial charge in [-0.1, -0.05) is 0 Å². The van der Waals surface area contributed by atoms with E-state index in [4.69, 9.17) is 26.7 Å². The normalized spacial score (nSPS) is 15.6. The fraction of sp³-hybridized carbons (Fsp3) is 0.348. The first-order chi connectivity index (χ1) is 17.0. The molecule has 1 amide bonds. The van der Waals surface area contributed by atoms with E-state index in [0.717, 1.165) is 25.1 Å². The molecular weight excluding hydrogens is 450 g/mol. The van der Waals surface area contributed by atoms with Crippen molar-refractivity contribution in [3.05, 3.63) is 42.5 Å². The number of rotatable bonds is 8. The van der Waals surface area contributed by atoms with Crippen LogP contribution in [0.3, 0.4) is 0 Å². The van der Waals surface area contributed by atoms with Crippen LogP contribution in [0.2, 0.25) is 0 Å². The van der Waals surface area contributed by atoms with Crippen molar-refractivity contribution < 1.29 is 14.3 Å². The third kappa shape index (κ3) is 5.73. The maximum Gasteiger partial charge on any atom is 0.276 e. The Balaban J connectivity index is 1.58. The number of hydrogen-bond acceptors (Lipinski definition) is 11. The molecule has 0 bridgehead atoms. The zero-order valence-electron chi connectivity index (χ0n) is 19.5. The number of carbonyl (C=O) groups is 1. The zero-order chi connectivity index (χ0) is 24.8. The lowest BCUT2D eigenvalue weighted by molar-refractivity contribution is 0.102. The van der Waals surface area contributed by atoms with Gasteiger partial charge in [0.15, 0.2) is 11.5 Å². The van der Waals surface area contributed by atoms with Crippen LogP contribution in [0.1, 0.15) is 23.3 Å². The van der Waals surface area contributed by atoms with Gasteiger partial charge in [0.25, 0.3) is 11.8 Å². The Hall–Kier alpha value is -4.03. The number of carbonyl (C=O) groups excluding carboxylic acids is 1. The smallest absolute Gasteiger partial charge is 0.276 e. The summed E-state index contributed by atoms with van der Waals surface area (Å²) in [7, 11) is 1.57. The zero-order valence-corrected chi connectivity index (χ0v) is 19.5. The molecule has 0 aromatic carbocycles. The van der Waals surface area contributed by atoms with Crippen molar-refractivity contribution in [3.63, 3.8) is 0 Å². The summed E-state index contributed by atoms with van der Waals surface area (Å²) in [6, 6.07) is 5.18. The SMILES string of the molecule is COCCOc1nc(-c2ccc(N)c(C(=O)Nc3cnccc3N3CCC[C@H](N)C3)n2)cnc1N. The largest absolute Gasteiger partial charge is 0.473 e. The molecule has 1 saturated heterocycles. The van der Waals surface area contributed by atoms with Crippen molar-refractivity contribution in [1.82, 2.24) is 19.9 Å². The molecule has 35 heavy (non-hydrogen) atoms. The van der Waals surface area contributed by atoms with E-state index >= 15 is 0 Å². The Morgan fingerprint density at radius 1 is 1.17 bits per heavy atom. The Bertz CT molecular complexity index is 1190. The van der Waals surface area contributed by atoms with Gasteiger partial charge in [-0.25, -0.2) is 15.0 Å². The van der Waals surface area contributed by atoms with Crippen LogP contribution < -0.4 is 32.2 Å². The lowest BCUT2D eigenvalue weighted by Gasteiger charge is -2.33. The molecule has 12 nitrogen and oxygen atoms in total. The summed E-state index contributed by atoms with van der Waals surface area (Å²) < 4.78 is 10.5. The van der Waals surface area contributed by atoms with Crippen LogP contribution in [0.4, 0.5) is 22.9 Å². The van der Waals surface area contributed by atoms with Gasteiger partial charge in [-0.15, -0.1) is 0 Å². The number of aromatic nitrogens is 4. The van der Waals surface area contributed by atoms with Crippen LogP contribution in [-0.2, 0) is 4.74 Å². The molecule has 1 aliphatic heterocycles. The Morgan fingerprint density at radius 3 is 2.83 bits per heavy atom. The molecule has 0 unspecified atom stereocenters. The molecule has 4 rings (SSSR count). The second-order valence-corrected chi connectivity index (χ2v) is 8.12. The summed E-state index contributed by atoms with van der Waals surface area (Å²) in [4.78, 5) is 32.5. The Morgan fingerprint density at radius 2 is 2.03 bits per heavy atom. The molecular formula is C23H29N9O3. The molecule has 12 heteroatoms. The highest BCUT2D eigenvalue weighted by atomic mass is 16.5. The minimum absolute atomic E-state index is 0.0492. The predicted octanol–water partition coefficient (Wildman–Crippen LogP) is 1.30. The molecule has 184 valence electrons. The summed E-state index contributed by atoms with van der Waals surface area (Å²) in [6.45, 7) is 2.18. The summed E-state index contributed by atoms with van der Waals surface area (Å²) in [6.07, 6.45) is 6.70. The lowest BCUT2D eigenvalue weighted by atomic mass is 10.1. The van der Waals surface area contributed by atoms with Crippen LogP contribution in [0, 0.1) is 0 Å². The number of anilines is 4. The van der Waals surface area contributed by atoms with Gasteiger partial charge in [0.05, 0.1) is 41.8 Å². The number of nitrogens with one attached hydrogen (secondary N) is 1. The molecule has 4 heterocycles. The number of pyridine rings is 2. The number of piperidine rings is 1. The van der Waals surface area contributed by atoms with Crippen LogP contribution in [0.15, 0.2) is 36.8 Å². The Labute approximate surface area is 202 Å². The van der Waals surface area contributed by atoms with Crippen LogP contribution >= 0.6 is 0 Å². The first-order valence-electron chi connectivity index (χ1n) is 11.2. The highest BCUT2D eigenvalue weighted by Gasteiger charge is 2.22. The Kier molecular flexibility index (Phi) is 7.53. The number of methoxy groups -OCH3 is 1. The van der Waals surface area contributed by atoms with Crippen LogP contribution in [0.25, 0.3) is 11.4 Å². The molecule has 0 spiro atoms. The van der Waals surface area contributed by atoms with Crippen molar-refractivity contribution >= 4 is 28.8 Å². The molecule has 0 saturated carbocycles. The maximum atomic E-state index is 13.2. The standard InChI is InChI=1S/C23H29N9O3/c1-34-9-10-35-23-21(26)28-12-17(31-23)16-5-4-15(25)20(29-16)22(33)30-18-11-27-7-6-19(18)32-8-2-3-14(24)13-32/h4-7,11-12,14H,2-3,8-10,13,24-25H2,1H3,(H2,26,28)(H,30,33)/t14-/m0/s1. The van der Waals surface area contributed by atoms with E-state index in [9.17, 15) is 4.79 Å². The van der Waals surface area contributed by atoms with Gasteiger partial charge in [-0.2, -0.15) is 0 Å². The third-order valence-electron chi connectivity index (χ3n) is 5.54. The van der Waals surface area contributed by atoms with Gasteiger partial charge in [-0.3, -0.25) is 9.78 Å². The number of hydrogen-bond donors (Lipinski definition) is 4. The van der Waals surface area contributed by atoms with E-state index in [2.05, 4.69) is 30.2 Å². The van der Waals surface area contributed by atoms with Crippen LogP contribution in [0.5, 0.6) is 5.88 Å². The number of nitrogens with zero attached hydrogens (tertiary/aromatic N) is 5. The average molecular weight is 480 g/mol. The molecule has 1 atom stereocenters. The highest BCUT2D eigenvalue weighted by molar-refractivity contribution is 6.07. The minimum Gasteiger partial charge on any atom is -0.473 e. The molecule has 0 radical (unpaired) electrons. The van der Waals surface area contributed by atoms with E-state index in [1.807, 2.05) is 6.07 Å². The summed E-state index contributed by atoms with van der Waals surface area (Å²) >= 11 is 0. The summed E-state index contributed by atoms with van der Waals surface area (Å²) in [5.74, 6) is -0.177. The minimum atomic E-state index is -0.472. The fourth-order valence-corrected chi connectivity index (χ4v) is 3.80. The fourth-order valence-electron chi connectivity index (χ4n) is 3.80. The number of nitrogen functional groups attached to an aromatic ring is 2. The quantitative estimate of drug-likeness (QED) is 0.342. The second-order valence-electron chi connectivity index (χ2n) is 8.12. The van der Waals surface area contributed by atoms with Crippen molar-refractivity contribution in [3.8, 4) is 17.3 Å². The third-order valence-corrected chi connectivity index (χ3v) is 5.54. The van der Waals surface area contributed by atoms with E-state index < -0.39 is 5.91 Å². The van der Waals surface area contributed by atoms with Gasteiger partial charge in [-0.05, 0) is 31.0 Å². The van der Waals surface area contributed by atoms with Gasteiger partial charge in [0.2, 0.25) is 0 Å². The predicted molar refractivity (Wildman–Crippen MR) is 133 cm³/mol. The monoisotopic (exact) mass is 479 g/mol. The van der Waals surface area contributed by atoms with Crippen molar-refractivity contribution in [2.24, 2.45) is 5.73 Å². The molecule has 1 fully saturated rings. The molecule has 7 N–H and O–H groups in total. The molecule has 1 aliphatic rings. The topological polar surface area (TPSA) is 180 Å². The first-order valence-corrected chi connectivity index (χ1v) is 11.2. The van der Waals surface area contributed by atoms with Crippen LogP contribution in [-0.4, -0.2) is 65.3 Å². The number of amides is 1. The summed E-state index contributed by atoms with van der Waals surface area (Å²) in [5.41, 5.74) is 20.5. The summed E-state index contributed by atoms with van der Waals surface area (Å²) in [5, 5.41) is 2.89.